The van der Waals surface area contributed by atoms with Gasteiger partial charge in [0.05, 0.1) is 19.1 Å². The number of halogens is 5. The lowest BCUT2D eigenvalue weighted by Gasteiger charge is -2.19. The first-order chi connectivity index (χ1) is 13.1. The summed E-state index contributed by atoms with van der Waals surface area (Å²) in [5.74, 6) is -3.92. The fourth-order valence-electron chi connectivity index (χ4n) is 2.61. The molecular formula is C19H16F5NO3. The van der Waals surface area contributed by atoms with Crippen LogP contribution in [0.3, 0.4) is 0 Å². The van der Waals surface area contributed by atoms with E-state index in [0.717, 1.165) is 25.3 Å². The van der Waals surface area contributed by atoms with Crippen LogP contribution in [0.4, 0.5) is 22.0 Å². The minimum atomic E-state index is -4.63. The lowest BCUT2D eigenvalue weighted by Crippen LogP contribution is -2.44. The van der Waals surface area contributed by atoms with Crippen LogP contribution in [0.15, 0.2) is 42.5 Å². The molecule has 1 atom stereocenters. The van der Waals surface area contributed by atoms with E-state index in [1.165, 1.54) is 24.3 Å². The van der Waals surface area contributed by atoms with Gasteiger partial charge in [-0.25, -0.2) is 13.6 Å². The van der Waals surface area contributed by atoms with Crippen molar-refractivity contribution in [1.82, 2.24) is 5.32 Å². The average Bonchev–Trinajstić information content (AvgIpc) is 2.63. The molecule has 2 aromatic carbocycles. The first-order valence-corrected chi connectivity index (χ1v) is 8.08. The number of esters is 1. The fraction of sp³-hybridized carbons (Fsp3) is 0.263. The van der Waals surface area contributed by atoms with Crippen molar-refractivity contribution in [2.75, 3.05) is 7.11 Å². The van der Waals surface area contributed by atoms with Crippen LogP contribution in [0.5, 0.6) is 0 Å². The van der Waals surface area contributed by atoms with Gasteiger partial charge in [-0.3, -0.25) is 4.79 Å². The highest BCUT2D eigenvalue weighted by Crippen LogP contribution is 2.32. The highest BCUT2D eigenvalue weighted by molar-refractivity contribution is 5.85. The summed E-state index contributed by atoms with van der Waals surface area (Å²) in [5.41, 5.74) is -0.993. The zero-order valence-corrected chi connectivity index (χ0v) is 14.6. The SMILES string of the molecule is COC(=O)[C@H](Cc1ccccc1C(F)(F)F)NC(=O)Cc1ccc(F)c(F)c1. The summed E-state index contributed by atoms with van der Waals surface area (Å²) in [5, 5.41) is 2.28. The number of hydrogen-bond donors (Lipinski definition) is 1. The molecule has 0 radical (unpaired) electrons. The molecule has 0 unspecified atom stereocenters. The van der Waals surface area contributed by atoms with E-state index in [4.69, 9.17) is 0 Å². The van der Waals surface area contributed by atoms with Gasteiger partial charge in [-0.05, 0) is 29.3 Å². The van der Waals surface area contributed by atoms with E-state index in [0.29, 0.717) is 0 Å². The molecule has 1 N–H and O–H groups in total. The largest absolute Gasteiger partial charge is 0.467 e. The molecule has 0 aromatic heterocycles. The molecule has 4 nitrogen and oxygen atoms in total. The molecule has 2 aromatic rings. The lowest BCUT2D eigenvalue weighted by molar-refractivity contribution is -0.145. The van der Waals surface area contributed by atoms with Gasteiger partial charge in [0.25, 0.3) is 0 Å². The van der Waals surface area contributed by atoms with Crippen molar-refractivity contribution in [3.63, 3.8) is 0 Å². The number of alkyl halides is 3. The number of methoxy groups -OCH3 is 1. The third-order valence-corrected chi connectivity index (χ3v) is 3.92. The fourth-order valence-corrected chi connectivity index (χ4v) is 2.61. The summed E-state index contributed by atoms with van der Waals surface area (Å²) < 4.78 is 70.1. The van der Waals surface area contributed by atoms with Crippen molar-refractivity contribution < 1.29 is 36.3 Å². The standard InChI is InChI=1S/C19H16F5NO3/c1-28-18(27)16(10-12-4-2-3-5-13(12)19(22,23)24)25-17(26)9-11-6-7-14(20)15(21)8-11/h2-8,16H,9-10H2,1H3,(H,25,26)/t16-/m0/s1. The van der Waals surface area contributed by atoms with E-state index >= 15 is 0 Å². The summed E-state index contributed by atoms with van der Waals surface area (Å²) in [6.45, 7) is 0. The minimum absolute atomic E-state index is 0.135. The molecule has 0 saturated heterocycles. The Hall–Kier alpha value is -2.97. The zero-order chi connectivity index (χ0) is 20.9. The maximum absolute atomic E-state index is 13.2. The Morgan fingerprint density at radius 1 is 1.07 bits per heavy atom. The molecule has 150 valence electrons. The van der Waals surface area contributed by atoms with Gasteiger partial charge < -0.3 is 10.1 Å². The molecule has 0 aliphatic heterocycles. The summed E-state index contributed by atoms with van der Waals surface area (Å²) in [6.07, 6.45) is -5.48. The molecule has 0 bridgehead atoms. The smallest absolute Gasteiger partial charge is 0.416 e. The van der Waals surface area contributed by atoms with Crippen LogP contribution in [0, 0.1) is 11.6 Å². The first-order valence-electron chi connectivity index (χ1n) is 8.08. The summed E-state index contributed by atoms with van der Waals surface area (Å²) >= 11 is 0. The van der Waals surface area contributed by atoms with Crippen LogP contribution in [0.2, 0.25) is 0 Å². The van der Waals surface area contributed by atoms with Crippen LogP contribution in [-0.2, 0) is 33.3 Å². The molecule has 0 fully saturated rings. The molecule has 0 saturated carbocycles. The number of carbonyl (C=O) groups is 2. The number of amides is 1. The van der Waals surface area contributed by atoms with Crippen molar-refractivity contribution >= 4 is 11.9 Å². The number of hydrogen-bond acceptors (Lipinski definition) is 3. The van der Waals surface area contributed by atoms with Crippen molar-refractivity contribution in [1.29, 1.82) is 0 Å². The van der Waals surface area contributed by atoms with Crippen LogP contribution in [0.25, 0.3) is 0 Å². The highest BCUT2D eigenvalue weighted by Gasteiger charge is 2.34. The highest BCUT2D eigenvalue weighted by atomic mass is 19.4. The van der Waals surface area contributed by atoms with Crippen LogP contribution >= 0.6 is 0 Å². The number of nitrogens with one attached hydrogen (secondary N) is 1. The molecule has 0 aliphatic rings. The monoisotopic (exact) mass is 401 g/mol. The topological polar surface area (TPSA) is 55.4 Å². The van der Waals surface area contributed by atoms with E-state index in [1.807, 2.05) is 0 Å². The second kappa shape index (κ2) is 8.81. The Kier molecular flexibility index (Phi) is 6.71. The van der Waals surface area contributed by atoms with Gasteiger partial charge >= 0.3 is 12.1 Å². The maximum Gasteiger partial charge on any atom is 0.416 e. The number of rotatable bonds is 6. The van der Waals surface area contributed by atoms with E-state index in [-0.39, 0.29) is 11.1 Å². The van der Waals surface area contributed by atoms with E-state index < -0.39 is 54.1 Å². The minimum Gasteiger partial charge on any atom is -0.467 e. The average molecular weight is 401 g/mol. The van der Waals surface area contributed by atoms with Crippen molar-refractivity contribution in [2.24, 2.45) is 0 Å². The van der Waals surface area contributed by atoms with Crippen LogP contribution < -0.4 is 5.32 Å². The van der Waals surface area contributed by atoms with Crippen LogP contribution in [0.1, 0.15) is 16.7 Å². The molecule has 0 aliphatic carbocycles. The van der Waals surface area contributed by atoms with E-state index in [9.17, 15) is 31.5 Å². The van der Waals surface area contributed by atoms with Gasteiger partial charge in [-0.15, -0.1) is 0 Å². The lowest BCUT2D eigenvalue weighted by atomic mass is 9.99. The Labute approximate surface area is 157 Å². The molecule has 28 heavy (non-hydrogen) atoms. The predicted octanol–water partition coefficient (Wildman–Crippen LogP) is 3.43. The molecule has 1 amide bonds. The third-order valence-electron chi connectivity index (χ3n) is 3.92. The normalized spacial score (nSPS) is 12.4. The Balaban J connectivity index is 2.17. The van der Waals surface area contributed by atoms with Gasteiger partial charge in [0.2, 0.25) is 5.91 Å². The number of benzene rings is 2. The van der Waals surface area contributed by atoms with E-state index in [1.54, 1.807) is 0 Å². The Morgan fingerprint density at radius 3 is 2.36 bits per heavy atom. The summed E-state index contributed by atoms with van der Waals surface area (Å²) in [7, 11) is 1.03. The predicted molar refractivity (Wildman–Crippen MR) is 89.2 cm³/mol. The van der Waals surface area contributed by atoms with Crippen LogP contribution in [-0.4, -0.2) is 25.0 Å². The molecular weight excluding hydrogens is 385 g/mol. The zero-order valence-electron chi connectivity index (χ0n) is 14.6. The summed E-state index contributed by atoms with van der Waals surface area (Å²) in [4.78, 5) is 24.1. The Morgan fingerprint density at radius 2 is 1.75 bits per heavy atom. The van der Waals surface area contributed by atoms with Gasteiger partial charge in [0.1, 0.15) is 6.04 Å². The van der Waals surface area contributed by atoms with Gasteiger partial charge in [0, 0.05) is 6.42 Å². The van der Waals surface area contributed by atoms with Gasteiger partial charge in [0.15, 0.2) is 11.6 Å². The maximum atomic E-state index is 13.2. The second-order valence-corrected chi connectivity index (χ2v) is 5.93. The molecule has 0 heterocycles. The first kappa shape index (κ1) is 21.3. The number of ether oxygens (including phenoxy) is 1. The molecule has 0 spiro atoms. The molecule has 9 heteroatoms. The second-order valence-electron chi connectivity index (χ2n) is 5.93. The van der Waals surface area contributed by atoms with Crippen molar-refractivity contribution in [3.8, 4) is 0 Å². The van der Waals surface area contributed by atoms with E-state index in [2.05, 4.69) is 10.1 Å². The summed E-state index contributed by atoms with van der Waals surface area (Å²) in [6, 6.07) is 6.11. The van der Waals surface area contributed by atoms with Gasteiger partial charge in [-0.1, -0.05) is 24.3 Å². The van der Waals surface area contributed by atoms with Crippen molar-refractivity contribution in [3.05, 3.63) is 70.8 Å². The van der Waals surface area contributed by atoms with Crippen molar-refractivity contribution in [2.45, 2.75) is 25.1 Å². The third kappa shape index (κ3) is 5.51. The quantitative estimate of drug-likeness (QED) is 0.596. The molecule has 2 rings (SSSR count). The Bertz CT molecular complexity index is 867. The van der Waals surface area contributed by atoms with Gasteiger partial charge in [-0.2, -0.15) is 13.2 Å². The number of carbonyl (C=O) groups excluding carboxylic acids is 2.